The first-order valence-corrected chi connectivity index (χ1v) is 4.89. The Bertz CT molecular complexity index is 381. The van der Waals surface area contributed by atoms with E-state index in [4.69, 9.17) is 0 Å². The molecule has 0 fully saturated rings. The highest BCUT2D eigenvalue weighted by Gasteiger charge is 2.14. The largest absolute Gasteiger partial charge is 0.508 e. The van der Waals surface area contributed by atoms with Crippen molar-refractivity contribution in [1.29, 1.82) is 0 Å². The average molecular weight is 208 g/mol. The van der Waals surface area contributed by atoms with Gasteiger partial charge in [-0.1, -0.05) is 13.8 Å². The fourth-order valence-corrected chi connectivity index (χ4v) is 1.50. The number of hydrogen-bond donors (Lipinski definition) is 1. The van der Waals surface area contributed by atoms with Gasteiger partial charge >= 0.3 is 5.97 Å². The maximum Gasteiger partial charge on any atom is 0.338 e. The van der Waals surface area contributed by atoms with E-state index < -0.39 is 0 Å². The van der Waals surface area contributed by atoms with E-state index in [9.17, 15) is 9.90 Å². The molecule has 0 aliphatic heterocycles. The lowest BCUT2D eigenvalue weighted by Gasteiger charge is -2.12. The van der Waals surface area contributed by atoms with Gasteiger partial charge in [0.05, 0.1) is 12.7 Å². The van der Waals surface area contributed by atoms with E-state index in [-0.39, 0.29) is 17.6 Å². The number of methoxy groups -OCH3 is 1. The highest BCUT2D eigenvalue weighted by Crippen LogP contribution is 2.28. The number of benzene rings is 1. The minimum Gasteiger partial charge on any atom is -0.508 e. The Labute approximate surface area is 89.7 Å². The second-order valence-electron chi connectivity index (χ2n) is 3.87. The zero-order valence-electron chi connectivity index (χ0n) is 9.50. The quantitative estimate of drug-likeness (QED) is 0.760. The third kappa shape index (κ3) is 2.29. The molecule has 0 spiro atoms. The fraction of sp³-hybridized carbons (Fsp3) is 0.417. The molecule has 15 heavy (non-hydrogen) atoms. The molecule has 0 aliphatic rings. The Morgan fingerprint density at radius 1 is 1.40 bits per heavy atom. The molecule has 1 aromatic carbocycles. The number of rotatable bonds is 2. The molecule has 0 radical (unpaired) electrons. The van der Waals surface area contributed by atoms with Crippen LogP contribution in [0.25, 0.3) is 0 Å². The van der Waals surface area contributed by atoms with Crippen LogP contribution in [0.4, 0.5) is 0 Å². The minimum absolute atomic E-state index is 0.175. The predicted octanol–water partition coefficient (Wildman–Crippen LogP) is 2.61. The summed E-state index contributed by atoms with van der Waals surface area (Å²) < 4.78 is 4.67. The summed E-state index contributed by atoms with van der Waals surface area (Å²) in [5.41, 5.74) is 2.00. The van der Waals surface area contributed by atoms with Gasteiger partial charge in [-0.3, -0.25) is 0 Å². The Hall–Kier alpha value is -1.51. The predicted molar refractivity (Wildman–Crippen MR) is 58.3 cm³/mol. The highest BCUT2D eigenvalue weighted by atomic mass is 16.5. The summed E-state index contributed by atoms with van der Waals surface area (Å²) in [6.07, 6.45) is 0. The first-order chi connectivity index (χ1) is 6.97. The topological polar surface area (TPSA) is 46.5 Å². The number of hydrogen-bond acceptors (Lipinski definition) is 3. The number of aromatic hydroxyl groups is 1. The zero-order chi connectivity index (χ0) is 11.6. The lowest BCUT2D eigenvalue weighted by atomic mass is 9.96. The molecule has 0 aliphatic carbocycles. The molecule has 1 N–H and O–H groups in total. The smallest absolute Gasteiger partial charge is 0.338 e. The van der Waals surface area contributed by atoms with Crippen LogP contribution in [0.2, 0.25) is 0 Å². The number of phenols is 1. The summed E-state index contributed by atoms with van der Waals surface area (Å²) in [4.78, 5) is 11.4. The Balaban J connectivity index is 3.29. The van der Waals surface area contributed by atoms with Gasteiger partial charge in [-0.2, -0.15) is 0 Å². The molecule has 82 valence electrons. The molecule has 0 heterocycles. The van der Waals surface area contributed by atoms with Crippen LogP contribution in [-0.2, 0) is 4.74 Å². The third-order valence-corrected chi connectivity index (χ3v) is 2.40. The van der Waals surface area contributed by atoms with Crippen molar-refractivity contribution in [2.45, 2.75) is 26.7 Å². The van der Waals surface area contributed by atoms with Gasteiger partial charge in [-0.05, 0) is 36.1 Å². The fourth-order valence-electron chi connectivity index (χ4n) is 1.50. The Kier molecular flexibility index (Phi) is 3.35. The SMILES string of the molecule is COC(=O)c1cc(C(C)C)c(O)cc1C. The second kappa shape index (κ2) is 4.34. The molecule has 1 rings (SSSR count). The van der Waals surface area contributed by atoms with E-state index in [0.29, 0.717) is 5.56 Å². The molecule has 3 nitrogen and oxygen atoms in total. The van der Waals surface area contributed by atoms with Crippen molar-refractivity contribution >= 4 is 5.97 Å². The van der Waals surface area contributed by atoms with Gasteiger partial charge in [0, 0.05) is 0 Å². The molecule has 0 bridgehead atoms. The number of carbonyl (C=O) groups is 1. The summed E-state index contributed by atoms with van der Waals surface area (Å²) in [5, 5.41) is 9.69. The normalized spacial score (nSPS) is 10.5. The van der Waals surface area contributed by atoms with Gasteiger partial charge in [0.1, 0.15) is 5.75 Å². The zero-order valence-corrected chi connectivity index (χ0v) is 9.50. The van der Waals surface area contributed by atoms with Crippen LogP contribution in [0.5, 0.6) is 5.75 Å². The molecule has 0 saturated heterocycles. The van der Waals surface area contributed by atoms with Crippen LogP contribution in [0.3, 0.4) is 0 Å². The molecule has 0 aromatic heterocycles. The minimum atomic E-state index is -0.366. The molecule has 0 atom stereocenters. The van der Waals surface area contributed by atoms with Crippen molar-refractivity contribution in [3.05, 3.63) is 28.8 Å². The molecule has 0 unspecified atom stereocenters. The highest BCUT2D eigenvalue weighted by molar-refractivity contribution is 5.91. The van der Waals surface area contributed by atoms with Gasteiger partial charge < -0.3 is 9.84 Å². The van der Waals surface area contributed by atoms with Gasteiger partial charge in [0.25, 0.3) is 0 Å². The van der Waals surface area contributed by atoms with Crippen molar-refractivity contribution in [3.63, 3.8) is 0 Å². The van der Waals surface area contributed by atoms with Crippen LogP contribution >= 0.6 is 0 Å². The number of ether oxygens (including phenoxy) is 1. The van der Waals surface area contributed by atoms with Crippen molar-refractivity contribution < 1.29 is 14.6 Å². The number of aryl methyl sites for hydroxylation is 1. The maximum atomic E-state index is 11.4. The maximum absolute atomic E-state index is 11.4. The summed E-state index contributed by atoms with van der Waals surface area (Å²) in [7, 11) is 1.35. The van der Waals surface area contributed by atoms with Gasteiger partial charge in [0.2, 0.25) is 0 Å². The van der Waals surface area contributed by atoms with Gasteiger partial charge in [-0.15, -0.1) is 0 Å². The van der Waals surface area contributed by atoms with Crippen LogP contribution in [0.15, 0.2) is 12.1 Å². The third-order valence-electron chi connectivity index (χ3n) is 2.40. The van der Waals surface area contributed by atoms with E-state index in [0.717, 1.165) is 11.1 Å². The van der Waals surface area contributed by atoms with Crippen LogP contribution in [0, 0.1) is 6.92 Å². The van der Waals surface area contributed by atoms with E-state index in [1.807, 2.05) is 13.8 Å². The van der Waals surface area contributed by atoms with Crippen LogP contribution < -0.4 is 0 Å². The van der Waals surface area contributed by atoms with E-state index in [1.165, 1.54) is 7.11 Å². The lowest BCUT2D eigenvalue weighted by Crippen LogP contribution is -2.05. The van der Waals surface area contributed by atoms with Crippen molar-refractivity contribution in [2.75, 3.05) is 7.11 Å². The molecular formula is C12H16O3. The Morgan fingerprint density at radius 3 is 2.47 bits per heavy atom. The number of carbonyl (C=O) groups excluding carboxylic acids is 1. The number of esters is 1. The molecule has 0 saturated carbocycles. The summed E-state index contributed by atoms with van der Waals surface area (Å²) >= 11 is 0. The van der Waals surface area contributed by atoms with E-state index >= 15 is 0 Å². The lowest BCUT2D eigenvalue weighted by molar-refractivity contribution is 0.0600. The van der Waals surface area contributed by atoms with Gasteiger partial charge in [0.15, 0.2) is 0 Å². The first-order valence-electron chi connectivity index (χ1n) is 4.89. The van der Waals surface area contributed by atoms with E-state index in [2.05, 4.69) is 4.74 Å². The van der Waals surface area contributed by atoms with Crippen molar-refractivity contribution in [1.82, 2.24) is 0 Å². The summed E-state index contributed by atoms with van der Waals surface area (Å²) in [6, 6.07) is 3.29. The second-order valence-corrected chi connectivity index (χ2v) is 3.87. The van der Waals surface area contributed by atoms with Crippen molar-refractivity contribution in [3.8, 4) is 5.75 Å². The summed E-state index contributed by atoms with van der Waals surface area (Å²) in [5.74, 6) is 0.0403. The molecule has 1 aromatic rings. The van der Waals surface area contributed by atoms with Crippen LogP contribution in [-0.4, -0.2) is 18.2 Å². The molecule has 0 amide bonds. The van der Waals surface area contributed by atoms with Crippen LogP contribution in [0.1, 0.15) is 41.3 Å². The van der Waals surface area contributed by atoms with Crippen molar-refractivity contribution in [2.24, 2.45) is 0 Å². The number of phenolic OH excluding ortho intramolecular Hbond substituents is 1. The standard InChI is InChI=1S/C12H16O3/c1-7(2)9-6-10(12(14)15-4)8(3)5-11(9)13/h5-7,13H,1-4H3. The first kappa shape index (κ1) is 11.6. The Morgan fingerprint density at radius 2 is 2.00 bits per heavy atom. The molecule has 3 heteroatoms. The average Bonchev–Trinajstić information content (AvgIpc) is 2.16. The monoisotopic (exact) mass is 208 g/mol. The van der Waals surface area contributed by atoms with Gasteiger partial charge in [-0.25, -0.2) is 4.79 Å². The molecular weight excluding hydrogens is 192 g/mol. The summed E-state index contributed by atoms with van der Waals surface area (Å²) in [6.45, 7) is 5.70. The van der Waals surface area contributed by atoms with E-state index in [1.54, 1.807) is 19.1 Å².